The van der Waals surface area contributed by atoms with Crippen LogP contribution >= 0.6 is 0 Å². The van der Waals surface area contributed by atoms with Gasteiger partial charge in [0.05, 0.1) is 0 Å². The third kappa shape index (κ3) is 1.35. The summed E-state index contributed by atoms with van der Waals surface area (Å²) in [6.45, 7) is 0. The fourth-order valence-electron chi connectivity index (χ4n) is 0.773. The highest BCUT2D eigenvalue weighted by Crippen LogP contribution is 2.53. The third-order valence-electron chi connectivity index (χ3n) is 1.64. The van der Waals surface area contributed by atoms with Gasteiger partial charge in [-0.2, -0.15) is 26.3 Å². The van der Waals surface area contributed by atoms with Crippen molar-refractivity contribution in [2.45, 2.75) is 16.4 Å². The van der Waals surface area contributed by atoms with E-state index >= 15 is 0 Å². The van der Waals surface area contributed by atoms with Gasteiger partial charge in [-0.3, -0.25) is 0 Å². The highest BCUT2D eigenvalue weighted by molar-refractivity contribution is 7.99. The van der Waals surface area contributed by atoms with Gasteiger partial charge in [0.25, 0.3) is 0 Å². The van der Waals surface area contributed by atoms with Gasteiger partial charge in [-0.1, -0.05) is 0 Å². The van der Waals surface area contributed by atoms with Gasteiger partial charge in [0.2, 0.25) is 0 Å². The molecule has 0 amide bonds. The Morgan fingerprint density at radius 2 is 1.13 bits per heavy atom. The molecule has 0 aliphatic carbocycles. The molecule has 0 aromatic heterocycles. The summed E-state index contributed by atoms with van der Waals surface area (Å²) in [6.07, 6.45) is 0. The fraction of sp³-hybridized carbons (Fsp3) is 1.00. The van der Waals surface area contributed by atoms with E-state index in [2.05, 4.69) is 0 Å². The van der Waals surface area contributed by atoms with E-state index in [0.717, 1.165) is 0 Å². The van der Waals surface area contributed by atoms with E-state index < -0.39 is 42.1 Å². The minimum atomic E-state index is -5.91. The van der Waals surface area contributed by atoms with Crippen LogP contribution in [0.5, 0.6) is 0 Å². The Labute approximate surface area is 84.6 Å². The summed E-state index contributed by atoms with van der Waals surface area (Å²) in [5.41, 5.74) is 0. The third-order valence-corrected chi connectivity index (χ3v) is 4.77. The lowest BCUT2D eigenvalue weighted by Crippen LogP contribution is -2.66. The van der Waals surface area contributed by atoms with Crippen LogP contribution in [0.3, 0.4) is 0 Å². The number of hydrogen-bond donors (Lipinski definition) is 0. The van der Waals surface area contributed by atoms with Crippen molar-refractivity contribution in [3.8, 4) is 0 Å². The van der Waals surface area contributed by atoms with Crippen LogP contribution in [0.25, 0.3) is 0 Å². The first-order valence-corrected chi connectivity index (χ1v) is 5.40. The van der Waals surface area contributed by atoms with Gasteiger partial charge in [0.1, 0.15) is 0 Å². The Hall–Kier alpha value is -0.160. The lowest BCUT2D eigenvalue weighted by molar-refractivity contribution is -0.245. The molecule has 1 saturated heterocycles. The summed E-state index contributed by atoms with van der Waals surface area (Å²) in [7, 11) is -7.16. The lowest BCUT2D eigenvalue weighted by Gasteiger charge is -2.38. The zero-order chi connectivity index (χ0) is 12.2. The Balaban J connectivity index is 3.40. The second-order valence-corrected chi connectivity index (χ2v) is 5.89. The smallest absolute Gasteiger partial charge is 0.235 e. The van der Waals surface area contributed by atoms with E-state index in [4.69, 9.17) is 0 Å². The molecule has 0 bridgehead atoms. The number of alkyl halides is 6. The van der Waals surface area contributed by atoms with E-state index in [9.17, 15) is 34.8 Å². The Morgan fingerprint density at radius 3 is 1.40 bits per heavy atom. The largest absolute Gasteiger partial charge is 0.404 e. The normalized spacial score (nSPS) is 38.9. The molecule has 0 N–H and O–H groups in total. The second-order valence-electron chi connectivity index (χ2n) is 2.55. The summed E-state index contributed by atoms with van der Waals surface area (Å²) in [6, 6.07) is 0. The molecule has 0 radical (unpaired) electrons. The van der Waals surface area contributed by atoms with Crippen molar-refractivity contribution >= 4 is 22.0 Å². The molecule has 0 aromatic rings. The summed E-state index contributed by atoms with van der Waals surface area (Å²) in [4.78, 5) is 0. The lowest BCUT2D eigenvalue weighted by atomic mass is 10.3. The first-order valence-electron chi connectivity index (χ1n) is 3.19. The average molecular weight is 275 g/mol. The summed E-state index contributed by atoms with van der Waals surface area (Å²) in [5.74, 6) is -5.91. The Kier molecular flexibility index (Phi) is 2.73. The molecule has 0 spiro atoms. The molecule has 1 rings (SSSR count). The molecule has 1 fully saturated rings. The molecule has 1 heterocycles. The maximum Gasteiger partial charge on any atom is 0.404 e. The molecular weight excluding hydrogens is 272 g/mol. The van der Waals surface area contributed by atoms with Crippen molar-refractivity contribution in [1.29, 1.82) is 0 Å². The van der Waals surface area contributed by atoms with Crippen LogP contribution in [0, 0.1) is 0 Å². The van der Waals surface area contributed by atoms with Crippen LogP contribution in [0.2, 0.25) is 0 Å². The molecule has 1 aliphatic rings. The fourth-order valence-corrected chi connectivity index (χ4v) is 3.23. The summed E-state index contributed by atoms with van der Waals surface area (Å²) >= 11 is 0. The molecule has 1 aliphatic heterocycles. The van der Waals surface area contributed by atoms with Gasteiger partial charge in [-0.25, -0.2) is 8.42 Å². The number of nitrogens with zero attached hydrogens (tertiary/aromatic N) is 1. The van der Waals surface area contributed by atoms with E-state index in [1.54, 1.807) is 0 Å². The number of rotatable bonds is 0. The van der Waals surface area contributed by atoms with Crippen LogP contribution < -0.4 is 0 Å². The van der Waals surface area contributed by atoms with Gasteiger partial charge in [0.15, 0.2) is 22.0 Å². The van der Waals surface area contributed by atoms with Gasteiger partial charge in [-0.05, 0) is 0 Å². The first kappa shape index (κ1) is 12.9. The minimum absolute atomic E-state index is 0.378. The van der Waals surface area contributed by atoms with Crippen LogP contribution in [0.15, 0.2) is 0 Å². The highest BCUT2D eigenvalue weighted by Gasteiger charge is 2.82. The molecule has 0 aromatic carbocycles. The molecule has 15 heavy (non-hydrogen) atoms. The van der Waals surface area contributed by atoms with Crippen LogP contribution in [-0.2, 0) is 22.0 Å². The molecule has 0 saturated carbocycles. The SMILES string of the molecule is CN1S(=O)C(F)(F)C(F)(F)C(F)(F)S1=O. The van der Waals surface area contributed by atoms with Gasteiger partial charge in [0, 0.05) is 7.05 Å². The van der Waals surface area contributed by atoms with E-state index in [1.165, 1.54) is 0 Å². The molecule has 90 valence electrons. The summed E-state index contributed by atoms with van der Waals surface area (Å²) < 4.78 is 96.2. The predicted molar refractivity (Wildman–Crippen MR) is 38.9 cm³/mol. The first-order chi connectivity index (χ1) is 6.48. The molecule has 11 heteroatoms. The van der Waals surface area contributed by atoms with Crippen molar-refractivity contribution in [1.82, 2.24) is 3.71 Å². The maximum absolute atomic E-state index is 12.6. The molecule has 3 nitrogen and oxygen atoms in total. The quantitative estimate of drug-likeness (QED) is 0.620. The van der Waals surface area contributed by atoms with E-state index in [-0.39, 0.29) is 0 Å². The average Bonchev–Trinajstić information content (AvgIpc) is 2.12. The molecule has 2 unspecified atom stereocenters. The second kappa shape index (κ2) is 3.17. The maximum atomic E-state index is 12.6. The van der Waals surface area contributed by atoms with Crippen LogP contribution in [0.1, 0.15) is 0 Å². The number of halogens is 6. The minimum Gasteiger partial charge on any atom is -0.235 e. The Bertz CT molecular complexity index is 314. The van der Waals surface area contributed by atoms with Crippen LogP contribution in [-0.4, -0.2) is 35.6 Å². The number of hydrogen-bond acceptors (Lipinski definition) is 2. The van der Waals surface area contributed by atoms with Crippen molar-refractivity contribution in [2.75, 3.05) is 7.05 Å². The zero-order valence-electron chi connectivity index (χ0n) is 6.85. The van der Waals surface area contributed by atoms with E-state index in [1.807, 2.05) is 0 Å². The van der Waals surface area contributed by atoms with Crippen molar-refractivity contribution < 1.29 is 34.8 Å². The van der Waals surface area contributed by atoms with Gasteiger partial charge < -0.3 is 0 Å². The van der Waals surface area contributed by atoms with Gasteiger partial charge >= 0.3 is 16.4 Å². The van der Waals surface area contributed by atoms with Crippen molar-refractivity contribution in [2.24, 2.45) is 0 Å². The standard InChI is InChI=1S/C4H3F6NO2S2/c1-11-14(12)3(7,8)2(5,6)4(9,10)15(11)13/h1H3. The monoisotopic (exact) mass is 275 g/mol. The van der Waals surface area contributed by atoms with Crippen molar-refractivity contribution in [3.63, 3.8) is 0 Å². The molecule has 2 atom stereocenters. The summed E-state index contributed by atoms with van der Waals surface area (Å²) in [5, 5.41) is -10.9. The Morgan fingerprint density at radius 1 is 0.867 bits per heavy atom. The molecular formula is C4H3F6NO2S2. The predicted octanol–water partition coefficient (Wildman–Crippen LogP) is 1.08. The highest BCUT2D eigenvalue weighted by atomic mass is 32.3. The van der Waals surface area contributed by atoms with Crippen molar-refractivity contribution in [3.05, 3.63) is 0 Å². The van der Waals surface area contributed by atoms with E-state index in [0.29, 0.717) is 7.05 Å². The van der Waals surface area contributed by atoms with Gasteiger partial charge in [-0.15, -0.1) is 3.71 Å². The van der Waals surface area contributed by atoms with Crippen LogP contribution in [0.4, 0.5) is 26.3 Å². The zero-order valence-corrected chi connectivity index (χ0v) is 8.48. The topological polar surface area (TPSA) is 37.4 Å².